The lowest BCUT2D eigenvalue weighted by atomic mass is 10.2. The second-order valence-electron chi connectivity index (χ2n) is 2.72. The van der Waals surface area contributed by atoms with Gasteiger partial charge in [-0.25, -0.2) is 0 Å². The summed E-state index contributed by atoms with van der Waals surface area (Å²) in [4.78, 5) is 15.6. The van der Waals surface area contributed by atoms with Gasteiger partial charge in [0.25, 0.3) is 0 Å². The van der Waals surface area contributed by atoms with Gasteiger partial charge in [0.15, 0.2) is 0 Å². The summed E-state index contributed by atoms with van der Waals surface area (Å²) in [5, 5.41) is 8.62. The van der Waals surface area contributed by atoms with E-state index in [1.165, 1.54) is 4.88 Å². The summed E-state index contributed by atoms with van der Waals surface area (Å²) in [5.41, 5.74) is 1.79. The summed E-state index contributed by atoms with van der Waals surface area (Å²) in [6, 6.07) is 0. The van der Waals surface area contributed by atoms with Gasteiger partial charge in [0.05, 0.1) is 11.4 Å². The molecule has 1 unspecified atom stereocenters. The van der Waals surface area contributed by atoms with Crippen molar-refractivity contribution in [3.8, 4) is 0 Å². The maximum atomic E-state index is 10.5. The second kappa shape index (κ2) is 5.24. The number of carboxylic acids is 1. The number of carbonyl (C=O) groups is 1. The largest absolute Gasteiger partial charge is 0.481 e. The van der Waals surface area contributed by atoms with E-state index in [0.29, 0.717) is 5.75 Å². The van der Waals surface area contributed by atoms with Crippen LogP contribution in [0.4, 0.5) is 0 Å². The number of thiazole rings is 1. The fraction of sp³-hybridized carbons (Fsp3) is 0.500. The Morgan fingerprint density at radius 1 is 1.85 bits per heavy atom. The highest BCUT2D eigenvalue weighted by Gasteiger charge is 2.10. The van der Waals surface area contributed by atoms with Gasteiger partial charge in [-0.1, -0.05) is 6.92 Å². The second-order valence-corrected chi connectivity index (χ2v) is 4.72. The standard InChI is InChI=1S/C8H11NO2S2/c1-6(8(10)11)3-12-4-7-2-9-5-13-7/h2,5-6H,3-4H2,1H3,(H,10,11). The van der Waals surface area contributed by atoms with Crippen molar-refractivity contribution in [3.63, 3.8) is 0 Å². The molecule has 0 saturated carbocycles. The number of thioether (sulfide) groups is 1. The Morgan fingerprint density at radius 2 is 2.62 bits per heavy atom. The number of hydrogen-bond donors (Lipinski definition) is 1. The van der Waals surface area contributed by atoms with E-state index in [1.807, 2.05) is 6.20 Å². The van der Waals surface area contributed by atoms with Gasteiger partial charge < -0.3 is 5.11 Å². The van der Waals surface area contributed by atoms with E-state index in [9.17, 15) is 4.79 Å². The minimum atomic E-state index is -0.725. The first kappa shape index (κ1) is 10.5. The molecule has 72 valence electrons. The average Bonchev–Trinajstić information content (AvgIpc) is 2.56. The van der Waals surface area contributed by atoms with Gasteiger partial charge in [0, 0.05) is 22.6 Å². The molecule has 1 aromatic heterocycles. The van der Waals surface area contributed by atoms with E-state index in [4.69, 9.17) is 5.11 Å². The normalized spacial score (nSPS) is 12.7. The molecular formula is C8H11NO2S2. The highest BCUT2D eigenvalue weighted by atomic mass is 32.2. The van der Waals surface area contributed by atoms with Crippen molar-refractivity contribution in [2.75, 3.05) is 5.75 Å². The van der Waals surface area contributed by atoms with Crippen molar-refractivity contribution in [2.24, 2.45) is 5.92 Å². The maximum Gasteiger partial charge on any atom is 0.307 e. The van der Waals surface area contributed by atoms with E-state index >= 15 is 0 Å². The van der Waals surface area contributed by atoms with Crippen LogP contribution in [0.2, 0.25) is 0 Å². The van der Waals surface area contributed by atoms with E-state index in [1.54, 1.807) is 35.5 Å². The first-order valence-electron chi connectivity index (χ1n) is 3.88. The Hall–Kier alpha value is -0.550. The molecule has 0 aromatic carbocycles. The van der Waals surface area contributed by atoms with Crippen molar-refractivity contribution in [2.45, 2.75) is 12.7 Å². The van der Waals surface area contributed by atoms with E-state index in [2.05, 4.69) is 4.98 Å². The first-order valence-corrected chi connectivity index (χ1v) is 5.91. The van der Waals surface area contributed by atoms with Gasteiger partial charge in [0.2, 0.25) is 0 Å². The number of hydrogen-bond acceptors (Lipinski definition) is 4. The monoisotopic (exact) mass is 217 g/mol. The Balaban J connectivity index is 2.18. The van der Waals surface area contributed by atoms with Gasteiger partial charge >= 0.3 is 5.97 Å². The Kier molecular flexibility index (Phi) is 4.24. The number of aliphatic carboxylic acids is 1. The summed E-state index contributed by atoms with van der Waals surface area (Å²) in [5.74, 6) is 0.532. The van der Waals surface area contributed by atoms with Gasteiger partial charge in [0.1, 0.15) is 0 Å². The first-order chi connectivity index (χ1) is 6.20. The quantitative estimate of drug-likeness (QED) is 0.820. The Bertz CT molecular complexity index is 261. The molecule has 0 fully saturated rings. The van der Waals surface area contributed by atoms with Crippen molar-refractivity contribution >= 4 is 29.1 Å². The molecule has 0 aliphatic carbocycles. The zero-order chi connectivity index (χ0) is 9.68. The molecule has 13 heavy (non-hydrogen) atoms. The molecule has 0 radical (unpaired) electrons. The van der Waals surface area contributed by atoms with Crippen LogP contribution in [0.5, 0.6) is 0 Å². The topological polar surface area (TPSA) is 50.2 Å². The summed E-state index contributed by atoms with van der Waals surface area (Å²) in [6.45, 7) is 1.72. The van der Waals surface area contributed by atoms with E-state index in [0.717, 1.165) is 5.75 Å². The summed E-state index contributed by atoms with van der Waals surface area (Å²) in [7, 11) is 0. The highest BCUT2D eigenvalue weighted by molar-refractivity contribution is 7.98. The van der Waals surface area contributed by atoms with Gasteiger partial charge in [-0.3, -0.25) is 9.78 Å². The van der Waals surface area contributed by atoms with Gasteiger partial charge in [-0.2, -0.15) is 11.8 Å². The van der Waals surface area contributed by atoms with E-state index in [-0.39, 0.29) is 5.92 Å². The predicted molar refractivity (Wildman–Crippen MR) is 55.1 cm³/mol. The third-order valence-electron chi connectivity index (χ3n) is 1.52. The van der Waals surface area contributed by atoms with Crippen LogP contribution in [0.3, 0.4) is 0 Å². The highest BCUT2D eigenvalue weighted by Crippen LogP contribution is 2.17. The SMILES string of the molecule is CC(CSCc1cncs1)C(=O)O. The lowest BCUT2D eigenvalue weighted by molar-refractivity contribution is -0.140. The Labute approximate surface area is 85.2 Å². The summed E-state index contributed by atoms with van der Waals surface area (Å²) < 4.78 is 0. The molecular weight excluding hydrogens is 206 g/mol. The summed E-state index contributed by atoms with van der Waals surface area (Å²) in [6.07, 6.45) is 1.82. The predicted octanol–water partition coefficient (Wildman–Crippen LogP) is 2.10. The lowest BCUT2D eigenvalue weighted by Gasteiger charge is -2.03. The minimum Gasteiger partial charge on any atom is -0.481 e. The molecule has 0 amide bonds. The molecule has 1 atom stereocenters. The van der Waals surface area contributed by atoms with E-state index < -0.39 is 5.97 Å². The van der Waals surface area contributed by atoms with Crippen LogP contribution in [0, 0.1) is 5.92 Å². The van der Waals surface area contributed by atoms with Crippen molar-refractivity contribution in [1.82, 2.24) is 4.98 Å². The molecule has 0 aliphatic rings. The van der Waals surface area contributed by atoms with Crippen LogP contribution < -0.4 is 0 Å². The van der Waals surface area contributed by atoms with Crippen LogP contribution in [0.1, 0.15) is 11.8 Å². The number of carboxylic acid groups (broad SMARTS) is 1. The smallest absolute Gasteiger partial charge is 0.307 e. The zero-order valence-electron chi connectivity index (χ0n) is 7.27. The molecule has 0 aliphatic heterocycles. The van der Waals surface area contributed by atoms with Crippen molar-refractivity contribution in [3.05, 3.63) is 16.6 Å². The molecule has 3 nitrogen and oxygen atoms in total. The van der Waals surface area contributed by atoms with Gasteiger partial charge in [-0.05, 0) is 0 Å². The lowest BCUT2D eigenvalue weighted by Crippen LogP contribution is -2.11. The molecule has 1 N–H and O–H groups in total. The fourth-order valence-electron chi connectivity index (χ4n) is 0.721. The third-order valence-corrected chi connectivity index (χ3v) is 3.73. The molecule has 0 spiro atoms. The van der Waals surface area contributed by atoms with Crippen LogP contribution in [-0.4, -0.2) is 21.8 Å². The average molecular weight is 217 g/mol. The molecule has 5 heteroatoms. The molecule has 0 bridgehead atoms. The molecule has 0 saturated heterocycles. The minimum absolute atomic E-state index is 0.266. The number of rotatable bonds is 5. The number of aromatic nitrogens is 1. The fourth-order valence-corrected chi connectivity index (χ4v) is 2.51. The maximum absolute atomic E-state index is 10.5. The molecule has 1 heterocycles. The van der Waals surface area contributed by atoms with Crippen LogP contribution in [0.25, 0.3) is 0 Å². The molecule has 1 aromatic rings. The van der Waals surface area contributed by atoms with Crippen LogP contribution >= 0.6 is 23.1 Å². The van der Waals surface area contributed by atoms with Crippen LogP contribution in [-0.2, 0) is 10.5 Å². The number of nitrogens with zero attached hydrogens (tertiary/aromatic N) is 1. The summed E-state index contributed by atoms with van der Waals surface area (Å²) >= 11 is 3.24. The Morgan fingerprint density at radius 3 is 3.15 bits per heavy atom. The molecule has 1 rings (SSSR count). The van der Waals surface area contributed by atoms with Crippen molar-refractivity contribution < 1.29 is 9.90 Å². The van der Waals surface area contributed by atoms with Crippen LogP contribution in [0.15, 0.2) is 11.7 Å². The zero-order valence-corrected chi connectivity index (χ0v) is 8.90. The third kappa shape index (κ3) is 3.78. The van der Waals surface area contributed by atoms with Crippen molar-refractivity contribution in [1.29, 1.82) is 0 Å². The van der Waals surface area contributed by atoms with Gasteiger partial charge in [-0.15, -0.1) is 11.3 Å².